The smallest absolute Gasteiger partial charge is 0.191 e. The van der Waals surface area contributed by atoms with E-state index in [1.165, 1.54) is 11.1 Å². The van der Waals surface area contributed by atoms with Gasteiger partial charge in [-0.3, -0.25) is 4.90 Å². The Labute approximate surface area is 186 Å². The van der Waals surface area contributed by atoms with Crippen molar-refractivity contribution < 1.29 is 4.74 Å². The first-order chi connectivity index (χ1) is 12.5. The number of benzene rings is 1. The molecule has 0 saturated carbocycles. The van der Waals surface area contributed by atoms with Crippen molar-refractivity contribution in [3.63, 3.8) is 0 Å². The van der Waals surface area contributed by atoms with Crippen molar-refractivity contribution in [1.29, 1.82) is 0 Å². The largest absolute Gasteiger partial charge is 0.379 e. The summed E-state index contributed by atoms with van der Waals surface area (Å²) in [6.45, 7) is 13.8. The van der Waals surface area contributed by atoms with Crippen molar-refractivity contribution in [2.75, 3.05) is 45.6 Å². The lowest BCUT2D eigenvalue weighted by atomic mass is 10.1. The Bertz CT molecular complexity index is 560. The number of halogens is 1. The quantitative estimate of drug-likeness (QED) is 0.322. The number of hydrogen-bond acceptors (Lipinski definition) is 4. The van der Waals surface area contributed by atoms with Crippen LogP contribution < -0.4 is 10.6 Å². The molecule has 0 atom stereocenters. The summed E-state index contributed by atoms with van der Waals surface area (Å²) in [7, 11) is 0. The molecule has 1 aliphatic rings. The molecular weight excluding hydrogens is 471 g/mol. The normalized spacial score (nSPS) is 15.9. The highest BCUT2D eigenvalue weighted by Gasteiger charge is 2.16. The highest BCUT2D eigenvalue weighted by Crippen LogP contribution is 2.19. The number of nitrogens with one attached hydrogen (secondary N) is 2. The van der Waals surface area contributed by atoms with Gasteiger partial charge in [-0.25, -0.2) is 4.99 Å². The fourth-order valence-electron chi connectivity index (χ4n) is 2.65. The third kappa shape index (κ3) is 9.49. The molecule has 0 amide bonds. The van der Waals surface area contributed by atoms with Gasteiger partial charge in [-0.05, 0) is 38.2 Å². The van der Waals surface area contributed by atoms with E-state index in [0.29, 0.717) is 6.54 Å². The number of ether oxygens (including phenoxy) is 1. The van der Waals surface area contributed by atoms with E-state index in [1.54, 1.807) is 0 Å². The van der Waals surface area contributed by atoms with Crippen LogP contribution in [0.15, 0.2) is 29.3 Å². The van der Waals surface area contributed by atoms with Gasteiger partial charge in [0.1, 0.15) is 0 Å². The molecule has 0 aliphatic carbocycles. The lowest BCUT2D eigenvalue weighted by Gasteiger charge is -2.26. The third-order valence-electron chi connectivity index (χ3n) is 4.53. The van der Waals surface area contributed by atoms with Crippen LogP contribution in [0.5, 0.6) is 0 Å². The maximum Gasteiger partial charge on any atom is 0.191 e. The van der Waals surface area contributed by atoms with Crippen LogP contribution in [0.4, 0.5) is 0 Å². The minimum absolute atomic E-state index is 0. The third-order valence-corrected chi connectivity index (χ3v) is 5.78. The van der Waals surface area contributed by atoms with Crippen LogP contribution in [0.1, 0.15) is 31.9 Å². The number of thioether (sulfide) groups is 1. The first kappa shape index (κ1) is 24.5. The average Bonchev–Trinajstić information content (AvgIpc) is 2.66. The van der Waals surface area contributed by atoms with Gasteiger partial charge < -0.3 is 15.4 Å². The van der Waals surface area contributed by atoms with Gasteiger partial charge in [-0.2, -0.15) is 11.8 Å². The van der Waals surface area contributed by atoms with Crippen molar-refractivity contribution in [3.05, 3.63) is 35.4 Å². The van der Waals surface area contributed by atoms with E-state index in [9.17, 15) is 0 Å². The summed E-state index contributed by atoms with van der Waals surface area (Å²) >= 11 is 1.86. The van der Waals surface area contributed by atoms with Crippen molar-refractivity contribution in [1.82, 2.24) is 15.5 Å². The van der Waals surface area contributed by atoms with Gasteiger partial charge in [0.2, 0.25) is 0 Å². The van der Waals surface area contributed by atoms with Gasteiger partial charge in [-0.15, -0.1) is 24.0 Å². The summed E-state index contributed by atoms with van der Waals surface area (Å²) in [5, 5.41) is 6.77. The van der Waals surface area contributed by atoms with Crippen LogP contribution in [0.25, 0.3) is 0 Å². The molecule has 1 aromatic carbocycles. The molecule has 0 spiro atoms. The molecule has 27 heavy (non-hydrogen) atoms. The molecule has 7 heteroatoms. The number of morpholine rings is 1. The molecule has 2 N–H and O–H groups in total. The SMILES string of the molecule is CCNC(=NCc1ccc(CN2CCOCC2)cc1)NCC(C)(C)SC.I. The Balaban J connectivity index is 0.00000364. The lowest BCUT2D eigenvalue weighted by Crippen LogP contribution is -2.43. The number of nitrogens with zero attached hydrogens (tertiary/aromatic N) is 2. The molecule has 1 aliphatic heterocycles. The van der Waals surface area contributed by atoms with Crippen LogP contribution in [-0.2, 0) is 17.8 Å². The molecule has 0 radical (unpaired) electrons. The number of rotatable bonds is 8. The van der Waals surface area contributed by atoms with E-state index in [-0.39, 0.29) is 28.7 Å². The monoisotopic (exact) mass is 506 g/mol. The predicted molar refractivity (Wildman–Crippen MR) is 128 cm³/mol. The average molecular weight is 506 g/mol. The Morgan fingerprint density at radius 3 is 2.37 bits per heavy atom. The fourth-order valence-corrected chi connectivity index (χ4v) is 2.86. The van der Waals surface area contributed by atoms with Crippen LogP contribution in [0, 0.1) is 0 Å². The van der Waals surface area contributed by atoms with Gasteiger partial charge >= 0.3 is 0 Å². The summed E-state index contributed by atoms with van der Waals surface area (Å²) in [5.74, 6) is 0.881. The van der Waals surface area contributed by atoms with E-state index >= 15 is 0 Å². The van der Waals surface area contributed by atoms with Gasteiger partial charge in [0.25, 0.3) is 0 Å². The van der Waals surface area contributed by atoms with Crippen LogP contribution in [0.3, 0.4) is 0 Å². The molecule has 0 aromatic heterocycles. The van der Waals surface area contributed by atoms with E-state index in [4.69, 9.17) is 9.73 Å². The first-order valence-electron chi connectivity index (χ1n) is 9.47. The molecule has 0 bridgehead atoms. The molecule has 1 heterocycles. The number of hydrogen-bond donors (Lipinski definition) is 2. The van der Waals surface area contributed by atoms with Crippen LogP contribution in [0.2, 0.25) is 0 Å². The Morgan fingerprint density at radius 2 is 1.78 bits per heavy atom. The molecule has 1 fully saturated rings. The standard InChI is InChI=1S/C20H34N4OS.HI/c1-5-21-19(23-16-20(2,3)26-4)22-14-17-6-8-18(9-7-17)15-24-10-12-25-13-11-24;/h6-9H,5,10-16H2,1-4H3,(H2,21,22,23);1H. The summed E-state index contributed by atoms with van der Waals surface area (Å²) in [6.07, 6.45) is 2.14. The van der Waals surface area contributed by atoms with Crippen molar-refractivity contribution in [2.45, 2.75) is 38.6 Å². The Kier molecular flexibility index (Phi) is 11.7. The summed E-state index contributed by atoms with van der Waals surface area (Å²) < 4.78 is 5.60. The summed E-state index contributed by atoms with van der Waals surface area (Å²) in [5.41, 5.74) is 2.59. The molecule has 2 rings (SSSR count). The molecule has 5 nitrogen and oxygen atoms in total. The second-order valence-corrected chi connectivity index (χ2v) is 8.73. The van der Waals surface area contributed by atoms with Gasteiger partial charge in [0.05, 0.1) is 19.8 Å². The zero-order chi connectivity index (χ0) is 18.8. The molecule has 1 aromatic rings. The topological polar surface area (TPSA) is 48.9 Å². The maximum atomic E-state index is 5.41. The molecular formula is C20H35IN4OS. The molecule has 1 saturated heterocycles. The predicted octanol–water partition coefficient (Wildman–Crippen LogP) is 3.33. The zero-order valence-electron chi connectivity index (χ0n) is 17.1. The summed E-state index contributed by atoms with van der Waals surface area (Å²) in [6, 6.07) is 8.82. The molecule has 0 unspecified atom stereocenters. The van der Waals surface area contributed by atoms with Gasteiger partial charge in [0, 0.05) is 37.5 Å². The zero-order valence-corrected chi connectivity index (χ0v) is 20.2. The van der Waals surface area contributed by atoms with Crippen LogP contribution in [-0.4, -0.2) is 61.3 Å². The van der Waals surface area contributed by atoms with Crippen molar-refractivity contribution >= 4 is 41.7 Å². The van der Waals surface area contributed by atoms with E-state index < -0.39 is 0 Å². The lowest BCUT2D eigenvalue weighted by molar-refractivity contribution is 0.0342. The van der Waals surface area contributed by atoms with Crippen molar-refractivity contribution in [2.24, 2.45) is 4.99 Å². The highest BCUT2D eigenvalue weighted by atomic mass is 127. The summed E-state index contributed by atoms with van der Waals surface area (Å²) in [4.78, 5) is 7.17. The Hall–Kier alpha value is -0.510. The van der Waals surface area contributed by atoms with E-state index in [2.05, 4.69) is 66.8 Å². The minimum atomic E-state index is 0. The number of aliphatic imine (C=N–C) groups is 1. The molecule has 154 valence electrons. The maximum absolute atomic E-state index is 5.41. The van der Waals surface area contributed by atoms with Gasteiger partial charge in [-0.1, -0.05) is 24.3 Å². The second kappa shape index (κ2) is 12.9. The Morgan fingerprint density at radius 1 is 1.15 bits per heavy atom. The fraction of sp³-hybridized carbons (Fsp3) is 0.650. The van der Waals surface area contributed by atoms with Gasteiger partial charge in [0.15, 0.2) is 5.96 Å². The van der Waals surface area contributed by atoms with E-state index in [0.717, 1.165) is 51.9 Å². The highest BCUT2D eigenvalue weighted by molar-refractivity contribution is 14.0. The van der Waals surface area contributed by atoms with E-state index in [1.807, 2.05) is 11.8 Å². The number of guanidine groups is 1. The van der Waals surface area contributed by atoms with Crippen molar-refractivity contribution in [3.8, 4) is 0 Å². The van der Waals surface area contributed by atoms with Crippen LogP contribution >= 0.6 is 35.7 Å². The second-order valence-electron chi connectivity index (χ2n) is 7.22. The minimum Gasteiger partial charge on any atom is -0.379 e. The first-order valence-corrected chi connectivity index (χ1v) is 10.7.